The Balaban J connectivity index is 2.18. The summed E-state index contributed by atoms with van der Waals surface area (Å²) in [6.07, 6.45) is 3.91. The molecule has 2 rings (SSSR count). The fourth-order valence-electron chi connectivity index (χ4n) is 2.46. The van der Waals surface area contributed by atoms with Crippen molar-refractivity contribution >= 4 is 11.8 Å². The molecule has 0 radical (unpaired) electrons. The Hall–Kier alpha value is -0.540. The van der Waals surface area contributed by atoms with E-state index in [-0.39, 0.29) is 5.82 Å². The van der Waals surface area contributed by atoms with Crippen LogP contribution in [0.5, 0.6) is 0 Å². The molecule has 1 aliphatic rings. The minimum absolute atomic E-state index is 0.111. The molecule has 1 N–H and O–H groups in total. The Morgan fingerprint density at radius 2 is 2.24 bits per heavy atom. The van der Waals surface area contributed by atoms with Crippen LogP contribution >= 0.6 is 11.8 Å². The van der Waals surface area contributed by atoms with E-state index in [0.29, 0.717) is 11.3 Å². The number of rotatable bonds is 3. The van der Waals surface area contributed by atoms with Crippen molar-refractivity contribution in [1.29, 1.82) is 0 Å². The molecule has 0 spiro atoms. The first-order valence-electron chi connectivity index (χ1n) is 6.27. The highest BCUT2D eigenvalue weighted by Crippen LogP contribution is 2.34. The zero-order valence-corrected chi connectivity index (χ0v) is 11.3. The number of halogens is 1. The average molecular weight is 253 g/mol. The Labute approximate surface area is 107 Å². The van der Waals surface area contributed by atoms with Crippen molar-refractivity contribution in [1.82, 2.24) is 5.32 Å². The maximum atomic E-state index is 13.3. The molecule has 0 amide bonds. The molecule has 1 saturated heterocycles. The molecular weight excluding hydrogens is 233 g/mol. The van der Waals surface area contributed by atoms with Gasteiger partial charge in [-0.2, -0.15) is 11.8 Å². The molecule has 0 saturated carbocycles. The largest absolute Gasteiger partial charge is 0.312 e. The van der Waals surface area contributed by atoms with Gasteiger partial charge in [0.25, 0.3) is 0 Å². The molecule has 94 valence electrons. The predicted molar refractivity (Wildman–Crippen MR) is 73.0 cm³/mol. The number of nitrogens with one attached hydrogen (secondary N) is 1. The third-order valence-electron chi connectivity index (χ3n) is 3.44. The van der Waals surface area contributed by atoms with E-state index in [0.717, 1.165) is 5.56 Å². The molecule has 1 heterocycles. The number of benzene rings is 1. The van der Waals surface area contributed by atoms with Crippen molar-refractivity contribution < 1.29 is 4.39 Å². The van der Waals surface area contributed by atoms with Gasteiger partial charge in [0.05, 0.1) is 0 Å². The summed E-state index contributed by atoms with van der Waals surface area (Å²) in [7, 11) is 2.00. The van der Waals surface area contributed by atoms with Gasteiger partial charge in [-0.05, 0) is 49.8 Å². The zero-order valence-electron chi connectivity index (χ0n) is 10.5. The monoisotopic (exact) mass is 253 g/mol. The molecule has 2 atom stereocenters. The summed E-state index contributed by atoms with van der Waals surface area (Å²) in [6, 6.07) is 5.83. The molecule has 3 heteroatoms. The first-order chi connectivity index (χ1) is 8.22. The van der Waals surface area contributed by atoms with Crippen molar-refractivity contribution in [2.45, 2.75) is 37.5 Å². The van der Waals surface area contributed by atoms with E-state index in [9.17, 15) is 4.39 Å². The highest BCUT2D eigenvalue weighted by molar-refractivity contribution is 8.00. The van der Waals surface area contributed by atoms with E-state index in [1.54, 1.807) is 6.07 Å². The van der Waals surface area contributed by atoms with Gasteiger partial charge < -0.3 is 5.32 Å². The van der Waals surface area contributed by atoms with E-state index >= 15 is 0 Å². The van der Waals surface area contributed by atoms with E-state index in [1.165, 1.54) is 30.6 Å². The van der Waals surface area contributed by atoms with Gasteiger partial charge in [0, 0.05) is 11.3 Å². The third kappa shape index (κ3) is 3.02. The summed E-state index contributed by atoms with van der Waals surface area (Å²) < 4.78 is 13.3. The van der Waals surface area contributed by atoms with Crippen LogP contribution in [-0.4, -0.2) is 18.1 Å². The Bertz CT molecular complexity index is 374. The molecule has 0 bridgehead atoms. The van der Waals surface area contributed by atoms with Gasteiger partial charge >= 0.3 is 0 Å². The topological polar surface area (TPSA) is 12.0 Å². The van der Waals surface area contributed by atoms with Crippen molar-refractivity contribution in [2.24, 2.45) is 0 Å². The highest BCUT2D eigenvalue weighted by atomic mass is 32.2. The molecule has 17 heavy (non-hydrogen) atoms. The lowest BCUT2D eigenvalue weighted by atomic mass is 9.98. The van der Waals surface area contributed by atoms with Crippen molar-refractivity contribution in [3.8, 4) is 0 Å². The van der Waals surface area contributed by atoms with Crippen LogP contribution in [0, 0.1) is 12.7 Å². The van der Waals surface area contributed by atoms with Crippen LogP contribution in [0.4, 0.5) is 4.39 Å². The van der Waals surface area contributed by atoms with Gasteiger partial charge in [0.1, 0.15) is 5.82 Å². The van der Waals surface area contributed by atoms with Crippen LogP contribution < -0.4 is 5.32 Å². The van der Waals surface area contributed by atoms with Gasteiger partial charge in [0.15, 0.2) is 0 Å². The summed E-state index contributed by atoms with van der Waals surface area (Å²) in [5, 5.41) is 4.02. The maximum Gasteiger partial charge on any atom is 0.126 e. The molecule has 1 aliphatic heterocycles. The number of aryl methyl sites for hydroxylation is 1. The van der Waals surface area contributed by atoms with Gasteiger partial charge in [-0.3, -0.25) is 0 Å². The number of hydrogen-bond acceptors (Lipinski definition) is 2. The summed E-state index contributed by atoms with van der Waals surface area (Å²) >= 11 is 2.04. The molecule has 1 nitrogen and oxygen atoms in total. The second-order valence-electron chi connectivity index (χ2n) is 4.68. The fraction of sp³-hybridized carbons (Fsp3) is 0.571. The lowest BCUT2D eigenvalue weighted by Gasteiger charge is -2.30. The molecule has 0 aliphatic carbocycles. The van der Waals surface area contributed by atoms with Crippen LogP contribution in [0.1, 0.15) is 36.4 Å². The second-order valence-corrected chi connectivity index (χ2v) is 6.03. The molecule has 1 aromatic rings. The number of hydrogen-bond donors (Lipinski definition) is 1. The van der Waals surface area contributed by atoms with Crippen LogP contribution in [0.25, 0.3) is 0 Å². The number of thioether (sulfide) groups is 1. The standard InChI is InChI=1S/C14H20FNS/c1-10-9-11(6-7-12(10)15)14(16-2)13-5-3-4-8-17-13/h6-7,9,13-14,16H,3-5,8H2,1-2H3. The van der Waals surface area contributed by atoms with E-state index in [2.05, 4.69) is 5.32 Å². The van der Waals surface area contributed by atoms with Gasteiger partial charge in [-0.1, -0.05) is 18.6 Å². The molecule has 0 aromatic heterocycles. The van der Waals surface area contributed by atoms with Crippen molar-refractivity contribution in [3.05, 3.63) is 35.1 Å². The minimum atomic E-state index is -0.111. The first-order valence-corrected chi connectivity index (χ1v) is 7.32. The van der Waals surface area contributed by atoms with Gasteiger partial charge in [0.2, 0.25) is 0 Å². The summed E-state index contributed by atoms with van der Waals surface area (Å²) in [6.45, 7) is 1.83. The van der Waals surface area contributed by atoms with Gasteiger partial charge in [-0.25, -0.2) is 4.39 Å². The van der Waals surface area contributed by atoms with E-state index in [1.807, 2.05) is 37.9 Å². The SMILES string of the molecule is CNC(c1ccc(F)c(C)c1)C1CCCCS1. The van der Waals surface area contributed by atoms with Crippen LogP contribution in [0.2, 0.25) is 0 Å². The minimum Gasteiger partial charge on any atom is -0.312 e. The van der Waals surface area contributed by atoms with Crippen LogP contribution in [0.15, 0.2) is 18.2 Å². The quantitative estimate of drug-likeness (QED) is 0.882. The molecule has 2 unspecified atom stereocenters. The normalized spacial score (nSPS) is 22.4. The Morgan fingerprint density at radius 3 is 2.82 bits per heavy atom. The van der Waals surface area contributed by atoms with E-state index in [4.69, 9.17) is 0 Å². The summed E-state index contributed by atoms with van der Waals surface area (Å²) in [4.78, 5) is 0. The van der Waals surface area contributed by atoms with Gasteiger partial charge in [-0.15, -0.1) is 0 Å². The maximum absolute atomic E-state index is 13.3. The van der Waals surface area contributed by atoms with Crippen LogP contribution in [-0.2, 0) is 0 Å². The lowest BCUT2D eigenvalue weighted by Crippen LogP contribution is -2.29. The van der Waals surface area contributed by atoms with Crippen molar-refractivity contribution in [2.75, 3.05) is 12.8 Å². The molecular formula is C14H20FNS. The first kappa shape index (κ1) is 12.9. The molecule has 1 fully saturated rings. The zero-order chi connectivity index (χ0) is 12.3. The highest BCUT2D eigenvalue weighted by Gasteiger charge is 2.24. The third-order valence-corrected chi connectivity index (χ3v) is 4.90. The predicted octanol–water partition coefficient (Wildman–Crippen LogP) is 3.68. The molecule has 1 aromatic carbocycles. The Kier molecular flexibility index (Phi) is 4.46. The summed E-state index contributed by atoms with van der Waals surface area (Å²) in [5.41, 5.74) is 1.95. The van der Waals surface area contributed by atoms with E-state index < -0.39 is 0 Å². The summed E-state index contributed by atoms with van der Waals surface area (Å²) in [5.74, 6) is 1.14. The van der Waals surface area contributed by atoms with Crippen molar-refractivity contribution in [3.63, 3.8) is 0 Å². The van der Waals surface area contributed by atoms with Crippen LogP contribution in [0.3, 0.4) is 0 Å². The average Bonchev–Trinajstić information content (AvgIpc) is 2.36. The smallest absolute Gasteiger partial charge is 0.126 e. The lowest BCUT2D eigenvalue weighted by molar-refractivity contribution is 0.514. The second kappa shape index (κ2) is 5.87. The Morgan fingerprint density at radius 1 is 1.41 bits per heavy atom. The fourth-order valence-corrected chi connectivity index (χ4v) is 3.95.